The zero-order chi connectivity index (χ0) is 19.7. The van der Waals surface area contributed by atoms with Crippen LogP contribution in [0.25, 0.3) is 5.69 Å². The van der Waals surface area contributed by atoms with Crippen LogP contribution in [-0.2, 0) is 0 Å². The van der Waals surface area contributed by atoms with Gasteiger partial charge in [-0.15, -0.1) is 0 Å². The third-order valence-electron chi connectivity index (χ3n) is 3.87. The van der Waals surface area contributed by atoms with Gasteiger partial charge in [-0.25, -0.2) is 0 Å². The molecule has 0 fully saturated rings. The van der Waals surface area contributed by atoms with Gasteiger partial charge in [0.05, 0.1) is 16.4 Å². The number of aromatic hydroxyl groups is 1. The zero-order valence-electron chi connectivity index (χ0n) is 14.5. The monoisotopic (exact) mass is 447 g/mol. The van der Waals surface area contributed by atoms with Crippen LogP contribution < -0.4 is 10.9 Å². The van der Waals surface area contributed by atoms with Crippen LogP contribution in [0, 0.1) is 13.8 Å². The summed E-state index contributed by atoms with van der Waals surface area (Å²) < 4.78 is 1.88. The number of nitrogens with one attached hydrogen (secondary N) is 1. The van der Waals surface area contributed by atoms with Crippen molar-refractivity contribution >= 4 is 39.1 Å². The van der Waals surface area contributed by atoms with Crippen molar-refractivity contribution < 1.29 is 9.90 Å². The molecule has 27 heavy (non-hydrogen) atoms. The van der Waals surface area contributed by atoms with Crippen LogP contribution in [-0.4, -0.2) is 20.8 Å². The number of hydrogen-bond donors (Lipinski definition) is 2. The number of anilines is 1. The van der Waals surface area contributed by atoms with Gasteiger partial charge in [-0.05, 0) is 55.3 Å². The van der Waals surface area contributed by atoms with Crippen LogP contribution in [0.15, 0.2) is 51.7 Å². The van der Waals surface area contributed by atoms with Crippen LogP contribution in [0.3, 0.4) is 0 Å². The Bertz CT molecular complexity index is 1070. The minimum absolute atomic E-state index is 0.284. The first-order valence-corrected chi connectivity index (χ1v) is 9.11. The highest BCUT2D eigenvalue weighted by Gasteiger charge is 2.19. The van der Waals surface area contributed by atoms with E-state index in [0.717, 1.165) is 26.3 Å². The molecule has 8 heteroatoms. The maximum Gasteiger partial charge on any atom is 0.280 e. The Hall–Kier alpha value is -2.64. The van der Waals surface area contributed by atoms with Crippen LogP contribution in [0.4, 0.5) is 5.69 Å². The molecule has 0 aliphatic carbocycles. The molecule has 0 aliphatic rings. The van der Waals surface area contributed by atoms with E-state index in [9.17, 15) is 14.7 Å². The topological polar surface area (TPSA) is 84.2 Å². The summed E-state index contributed by atoms with van der Waals surface area (Å²) in [6.07, 6.45) is 0. The number of carbonyl (C=O) groups excluding carboxylic acids is 1. The summed E-state index contributed by atoms with van der Waals surface area (Å²) in [7, 11) is 0. The van der Waals surface area contributed by atoms with Crippen LogP contribution in [0.1, 0.15) is 21.6 Å². The van der Waals surface area contributed by atoms with E-state index < -0.39 is 17.2 Å². The van der Waals surface area contributed by atoms with E-state index in [1.807, 2.05) is 19.9 Å². The lowest BCUT2D eigenvalue weighted by Crippen LogP contribution is -2.25. The standard InChI is InChI=1S/C19H15BrClN3O3/c1-10-7-11(2)17(14(21)8-10)22-19(27)18-15(25)9-16(26)24(23-18)13-5-3-12(20)4-6-13/h3-9,25H,1-2H3,(H,22,27). The molecule has 0 saturated heterocycles. The average molecular weight is 449 g/mol. The Kier molecular flexibility index (Phi) is 5.34. The Morgan fingerprint density at radius 1 is 1.19 bits per heavy atom. The summed E-state index contributed by atoms with van der Waals surface area (Å²) >= 11 is 9.53. The van der Waals surface area contributed by atoms with Crippen molar-refractivity contribution in [1.82, 2.24) is 9.78 Å². The lowest BCUT2D eigenvalue weighted by atomic mass is 10.1. The van der Waals surface area contributed by atoms with E-state index in [1.165, 1.54) is 0 Å². The number of rotatable bonds is 3. The molecule has 0 aliphatic heterocycles. The second kappa shape index (κ2) is 7.54. The van der Waals surface area contributed by atoms with Gasteiger partial charge in [0.25, 0.3) is 11.5 Å². The van der Waals surface area contributed by atoms with Crippen molar-refractivity contribution in [1.29, 1.82) is 0 Å². The van der Waals surface area contributed by atoms with Crippen LogP contribution >= 0.6 is 27.5 Å². The van der Waals surface area contributed by atoms with E-state index in [0.29, 0.717) is 16.4 Å². The largest absolute Gasteiger partial charge is 0.505 e. The Morgan fingerprint density at radius 3 is 2.48 bits per heavy atom. The molecule has 0 bridgehead atoms. The maximum atomic E-state index is 12.7. The quantitative estimate of drug-likeness (QED) is 0.628. The molecule has 138 valence electrons. The van der Waals surface area contributed by atoms with Gasteiger partial charge in [-0.1, -0.05) is 33.6 Å². The minimum atomic E-state index is -0.674. The van der Waals surface area contributed by atoms with Gasteiger partial charge >= 0.3 is 0 Å². The fraction of sp³-hybridized carbons (Fsp3) is 0.105. The second-order valence-electron chi connectivity index (χ2n) is 6.00. The van der Waals surface area contributed by atoms with E-state index in [2.05, 4.69) is 26.3 Å². The Morgan fingerprint density at radius 2 is 1.85 bits per heavy atom. The SMILES string of the molecule is Cc1cc(C)c(NC(=O)c2nn(-c3ccc(Br)cc3)c(=O)cc2O)c(Cl)c1. The molecule has 6 nitrogen and oxygen atoms in total. The number of carbonyl (C=O) groups is 1. The summed E-state index contributed by atoms with van der Waals surface area (Å²) in [4.78, 5) is 24.8. The highest BCUT2D eigenvalue weighted by atomic mass is 79.9. The van der Waals surface area contributed by atoms with Crippen molar-refractivity contribution in [2.75, 3.05) is 5.32 Å². The Balaban J connectivity index is 2.02. The minimum Gasteiger partial charge on any atom is -0.505 e. The van der Waals surface area contributed by atoms with Gasteiger partial charge in [-0.3, -0.25) is 9.59 Å². The molecule has 0 radical (unpaired) electrons. The summed E-state index contributed by atoms with van der Waals surface area (Å²) in [6.45, 7) is 3.70. The number of aryl methyl sites for hydroxylation is 2. The third kappa shape index (κ3) is 4.04. The fourth-order valence-electron chi connectivity index (χ4n) is 2.62. The van der Waals surface area contributed by atoms with Crippen molar-refractivity contribution in [3.05, 3.63) is 79.1 Å². The molecule has 2 aromatic carbocycles. The first kappa shape index (κ1) is 19.1. The van der Waals surface area contributed by atoms with E-state index in [1.54, 1.807) is 30.3 Å². The maximum absolute atomic E-state index is 12.7. The number of nitrogens with zero attached hydrogens (tertiary/aromatic N) is 2. The molecule has 3 aromatic rings. The fourth-order valence-corrected chi connectivity index (χ4v) is 3.26. The molecule has 1 amide bonds. The van der Waals surface area contributed by atoms with E-state index in [-0.39, 0.29) is 5.69 Å². The van der Waals surface area contributed by atoms with Gasteiger partial charge in [0.15, 0.2) is 11.4 Å². The molecule has 1 heterocycles. The number of aromatic nitrogens is 2. The number of amides is 1. The molecule has 0 spiro atoms. The molecule has 1 aromatic heterocycles. The number of hydrogen-bond acceptors (Lipinski definition) is 4. The zero-order valence-corrected chi connectivity index (χ0v) is 16.8. The van der Waals surface area contributed by atoms with Crippen molar-refractivity contribution in [2.24, 2.45) is 0 Å². The first-order chi connectivity index (χ1) is 12.8. The van der Waals surface area contributed by atoms with Crippen LogP contribution in [0.5, 0.6) is 5.75 Å². The second-order valence-corrected chi connectivity index (χ2v) is 7.32. The van der Waals surface area contributed by atoms with Crippen molar-refractivity contribution in [2.45, 2.75) is 13.8 Å². The highest BCUT2D eigenvalue weighted by Crippen LogP contribution is 2.28. The average Bonchev–Trinajstić information content (AvgIpc) is 2.59. The van der Waals surface area contributed by atoms with Gasteiger partial charge in [0.2, 0.25) is 0 Å². The molecule has 2 N–H and O–H groups in total. The predicted molar refractivity (Wildman–Crippen MR) is 108 cm³/mol. The van der Waals surface area contributed by atoms with E-state index in [4.69, 9.17) is 11.6 Å². The molecular weight excluding hydrogens is 434 g/mol. The van der Waals surface area contributed by atoms with E-state index >= 15 is 0 Å². The van der Waals surface area contributed by atoms with Crippen LogP contribution in [0.2, 0.25) is 5.02 Å². The molecule has 0 unspecified atom stereocenters. The third-order valence-corrected chi connectivity index (χ3v) is 4.69. The molecule has 3 rings (SSSR count). The van der Waals surface area contributed by atoms with Gasteiger partial charge in [-0.2, -0.15) is 9.78 Å². The van der Waals surface area contributed by atoms with Gasteiger partial charge in [0, 0.05) is 10.5 Å². The lowest BCUT2D eigenvalue weighted by Gasteiger charge is -2.13. The Labute approximate surface area is 168 Å². The summed E-state index contributed by atoms with van der Waals surface area (Å²) in [5, 5.41) is 17.1. The highest BCUT2D eigenvalue weighted by molar-refractivity contribution is 9.10. The molecule has 0 atom stereocenters. The molecule has 0 saturated carbocycles. The van der Waals surface area contributed by atoms with Crippen molar-refractivity contribution in [3.8, 4) is 11.4 Å². The predicted octanol–water partition coefficient (Wildman–Crippen LogP) is 4.22. The van der Waals surface area contributed by atoms with Gasteiger partial charge < -0.3 is 10.4 Å². The number of benzene rings is 2. The normalized spacial score (nSPS) is 10.7. The van der Waals surface area contributed by atoms with Gasteiger partial charge in [0.1, 0.15) is 0 Å². The summed E-state index contributed by atoms with van der Waals surface area (Å²) in [5.41, 5.74) is 1.77. The van der Waals surface area contributed by atoms with Crippen molar-refractivity contribution in [3.63, 3.8) is 0 Å². The molecular formula is C19H15BrClN3O3. The summed E-state index contributed by atoms with van der Waals surface area (Å²) in [5.74, 6) is -1.18. The lowest BCUT2D eigenvalue weighted by molar-refractivity contribution is 0.101. The summed E-state index contributed by atoms with van der Waals surface area (Å²) in [6, 6.07) is 11.4. The number of halogens is 2. The first-order valence-electron chi connectivity index (χ1n) is 7.93. The smallest absolute Gasteiger partial charge is 0.280 e.